The highest BCUT2D eigenvalue weighted by atomic mass is 19.1. The zero-order valence-electron chi connectivity index (χ0n) is 14.3. The first-order valence-corrected chi connectivity index (χ1v) is 7.23. The van der Waals surface area contributed by atoms with Gasteiger partial charge in [-0.15, -0.1) is 0 Å². The standard InChI is InChI=1S/C11H17N3O.C8H7F/c1-8(2)13-6-11(5-9(3)12)10(4)14-7-15;1-2-7-5-3-4-6-8(7)9/h5-7H,4,12H2,1-3H3,(H,14,15);2-6H,1H2/b9-5-,11-6-;. The molecule has 0 atom stereocenters. The van der Waals surface area contributed by atoms with E-state index in [0.29, 0.717) is 28.9 Å². The number of hydrogen-bond acceptors (Lipinski definition) is 3. The fourth-order valence-electron chi connectivity index (χ4n) is 1.44. The highest BCUT2D eigenvalue weighted by molar-refractivity contribution is 5.79. The lowest BCUT2D eigenvalue weighted by atomic mass is 10.2. The number of aliphatic imine (C=N–C) groups is 1. The molecule has 4 nitrogen and oxygen atoms in total. The molecular formula is C19H24FN3O. The highest BCUT2D eigenvalue weighted by Crippen LogP contribution is 2.08. The van der Waals surface area contributed by atoms with Gasteiger partial charge in [0.05, 0.1) is 0 Å². The van der Waals surface area contributed by atoms with Crippen LogP contribution in [0.15, 0.2) is 71.7 Å². The van der Waals surface area contributed by atoms with Gasteiger partial charge < -0.3 is 11.1 Å². The van der Waals surface area contributed by atoms with Crippen molar-refractivity contribution in [2.75, 3.05) is 0 Å². The quantitative estimate of drug-likeness (QED) is 0.471. The lowest BCUT2D eigenvalue weighted by molar-refractivity contribution is -0.108. The molecule has 0 saturated carbocycles. The number of benzene rings is 1. The van der Waals surface area contributed by atoms with Gasteiger partial charge in [-0.25, -0.2) is 4.39 Å². The molecule has 128 valence electrons. The van der Waals surface area contributed by atoms with Gasteiger partial charge in [0.1, 0.15) is 5.82 Å². The molecule has 3 N–H and O–H groups in total. The van der Waals surface area contributed by atoms with Gasteiger partial charge in [-0.05, 0) is 32.9 Å². The van der Waals surface area contributed by atoms with Gasteiger partial charge >= 0.3 is 0 Å². The van der Waals surface area contributed by atoms with Gasteiger partial charge in [0.2, 0.25) is 6.41 Å². The molecule has 0 aromatic heterocycles. The summed E-state index contributed by atoms with van der Waals surface area (Å²) in [5, 5.41) is 2.46. The third-order valence-electron chi connectivity index (χ3n) is 2.55. The number of nitrogens with two attached hydrogens (primary N) is 1. The minimum absolute atomic E-state index is 0.215. The van der Waals surface area contributed by atoms with E-state index in [2.05, 4.69) is 23.5 Å². The van der Waals surface area contributed by atoms with Crippen LogP contribution in [-0.2, 0) is 4.79 Å². The molecule has 24 heavy (non-hydrogen) atoms. The molecule has 1 aromatic rings. The van der Waals surface area contributed by atoms with Crippen LogP contribution < -0.4 is 11.1 Å². The number of amides is 1. The largest absolute Gasteiger partial charge is 0.402 e. The first-order chi connectivity index (χ1) is 11.3. The SMILES string of the molecule is C=C(NC=O)C(/C=C(/C)N)=C\N=C(C)C.C=Cc1ccccc1F. The van der Waals surface area contributed by atoms with E-state index in [1.165, 1.54) is 12.1 Å². The van der Waals surface area contributed by atoms with E-state index in [1.807, 2.05) is 13.8 Å². The Labute approximate surface area is 143 Å². The van der Waals surface area contributed by atoms with E-state index < -0.39 is 0 Å². The maximum Gasteiger partial charge on any atom is 0.211 e. The Kier molecular flexibility index (Phi) is 10.2. The zero-order chi connectivity index (χ0) is 18.5. The van der Waals surface area contributed by atoms with Crippen LogP contribution >= 0.6 is 0 Å². The summed E-state index contributed by atoms with van der Waals surface area (Å²) in [6.07, 6.45) is 5.38. The minimum atomic E-state index is -0.215. The summed E-state index contributed by atoms with van der Waals surface area (Å²) in [4.78, 5) is 14.4. The number of allylic oxidation sites excluding steroid dienone is 2. The second-order valence-corrected chi connectivity index (χ2v) is 5.02. The highest BCUT2D eigenvalue weighted by Gasteiger charge is 1.98. The van der Waals surface area contributed by atoms with E-state index >= 15 is 0 Å². The average molecular weight is 329 g/mol. The molecule has 0 bridgehead atoms. The number of halogens is 1. The van der Waals surface area contributed by atoms with Crippen LogP contribution in [0.4, 0.5) is 4.39 Å². The van der Waals surface area contributed by atoms with Crippen LogP contribution in [0.25, 0.3) is 6.08 Å². The molecule has 0 aliphatic rings. The maximum absolute atomic E-state index is 12.5. The van der Waals surface area contributed by atoms with E-state index in [9.17, 15) is 9.18 Å². The summed E-state index contributed by atoms with van der Waals surface area (Å²) < 4.78 is 12.5. The van der Waals surface area contributed by atoms with Crippen LogP contribution in [0.3, 0.4) is 0 Å². The number of hydrogen-bond donors (Lipinski definition) is 2. The molecule has 0 heterocycles. The predicted molar refractivity (Wildman–Crippen MR) is 99.6 cm³/mol. The van der Waals surface area contributed by atoms with Crippen molar-refractivity contribution in [1.29, 1.82) is 0 Å². The third kappa shape index (κ3) is 9.15. The van der Waals surface area contributed by atoms with Gasteiger partial charge in [-0.1, -0.05) is 37.4 Å². The van der Waals surface area contributed by atoms with E-state index in [0.717, 1.165) is 5.71 Å². The molecule has 1 rings (SSSR count). The fourth-order valence-corrected chi connectivity index (χ4v) is 1.44. The van der Waals surface area contributed by atoms with Crippen LogP contribution in [0.5, 0.6) is 0 Å². The smallest absolute Gasteiger partial charge is 0.211 e. The minimum Gasteiger partial charge on any atom is -0.402 e. The Morgan fingerprint density at radius 2 is 1.92 bits per heavy atom. The number of nitrogens with zero attached hydrogens (tertiary/aromatic N) is 1. The van der Waals surface area contributed by atoms with Crippen LogP contribution in [0.1, 0.15) is 26.3 Å². The van der Waals surface area contributed by atoms with Crippen LogP contribution in [0, 0.1) is 5.82 Å². The predicted octanol–water partition coefficient (Wildman–Crippen LogP) is 3.94. The summed E-state index contributed by atoms with van der Waals surface area (Å²) in [5.74, 6) is -0.215. The topological polar surface area (TPSA) is 67.5 Å². The molecule has 1 aromatic carbocycles. The number of rotatable bonds is 6. The normalized spacial score (nSPS) is 10.8. The van der Waals surface area contributed by atoms with E-state index in [-0.39, 0.29) is 5.82 Å². The monoisotopic (exact) mass is 329 g/mol. The first-order valence-electron chi connectivity index (χ1n) is 7.23. The van der Waals surface area contributed by atoms with Crippen LogP contribution in [-0.4, -0.2) is 12.1 Å². The van der Waals surface area contributed by atoms with Gasteiger partial charge in [-0.2, -0.15) is 0 Å². The van der Waals surface area contributed by atoms with Crippen molar-refractivity contribution in [3.63, 3.8) is 0 Å². The van der Waals surface area contributed by atoms with Crippen LogP contribution in [0.2, 0.25) is 0 Å². The number of carbonyl (C=O) groups excluding carboxylic acids is 1. The second kappa shape index (κ2) is 11.6. The summed E-state index contributed by atoms with van der Waals surface area (Å²) in [7, 11) is 0. The Bertz CT molecular complexity index is 665. The van der Waals surface area contributed by atoms with E-state index in [1.54, 1.807) is 37.4 Å². The summed E-state index contributed by atoms with van der Waals surface area (Å²) >= 11 is 0. The van der Waals surface area contributed by atoms with Gasteiger partial charge in [0.15, 0.2) is 0 Å². The molecule has 0 radical (unpaired) electrons. The van der Waals surface area contributed by atoms with Crippen molar-refractivity contribution < 1.29 is 9.18 Å². The lowest BCUT2D eigenvalue weighted by Gasteiger charge is -2.04. The molecule has 1 amide bonds. The number of carbonyl (C=O) groups is 1. The van der Waals surface area contributed by atoms with Crippen molar-refractivity contribution in [3.8, 4) is 0 Å². The van der Waals surface area contributed by atoms with Crippen molar-refractivity contribution in [2.45, 2.75) is 20.8 Å². The molecule has 0 unspecified atom stereocenters. The lowest BCUT2D eigenvalue weighted by Crippen LogP contribution is -2.11. The van der Waals surface area contributed by atoms with Crippen molar-refractivity contribution in [1.82, 2.24) is 5.32 Å². The molecule has 0 aliphatic heterocycles. The Morgan fingerprint density at radius 1 is 1.29 bits per heavy atom. The molecule has 5 heteroatoms. The second-order valence-electron chi connectivity index (χ2n) is 5.02. The number of nitrogens with one attached hydrogen (secondary N) is 1. The third-order valence-corrected chi connectivity index (χ3v) is 2.55. The Balaban J connectivity index is 0.000000496. The summed E-state index contributed by atoms with van der Waals surface area (Å²) in [5.41, 5.74) is 8.79. The molecular weight excluding hydrogens is 305 g/mol. The Morgan fingerprint density at radius 3 is 2.33 bits per heavy atom. The summed E-state index contributed by atoms with van der Waals surface area (Å²) in [6, 6.07) is 6.53. The van der Waals surface area contributed by atoms with Gasteiger partial charge in [0, 0.05) is 34.4 Å². The maximum atomic E-state index is 12.5. The molecule has 0 saturated heterocycles. The first kappa shape index (κ1) is 21.0. The Hall–Kier alpha value is -2.95. The van der Waals surface area contributed by atoms with Crippen molar-refractivity contribution in [2.24, 2.45) is 10.7 Å². The van der Waals surface area contributed by atoms with E-state index in [4.69, 9.17) is 5.73 Å². The zero-order valence-corrected chi connectivity index (χ0v) is 14.3. The molecule has 0 spiro atoms. The van der Waals surface area contributed by atoms with Gasteiger partial charge in [-0.3, -0.25) is 9.79 Å². The van der Waals surface area contributed by atoms with Crippen molar-refractivity contribution >= 4 is 18.2 Å². The molecule has 0 aliphatic carbocycles. The fraction of sp³-hybridized carbons (Fsp3) is 0.158. The molecule has 0 fully saturated rings. The van der Waals surface area contributed by atoms with Crippen molar-refractivity contribution in [3.05, 3.63) is 78.0 Å². The summed E-state index contributed by atoms with van der Waals surface area (Å²) in [6.45, 7) is 12.7. The average Bonchev–Trinajstić information content (AvgIpc) is 2.52. The van der Waals surface area contributed by atoms with Gasteiger partial charge in [0.25, 0.3) is 0 Å².